The monoisotopic (exact) mass is 259 g/mol. The summed E-state index contributed by atoms with van der Waals surface area (Å²) in [6.45, 7) is 3.98. The Morgan fingerprint density at radius 1 is 1.38 bits per heavy atom. The van der Waals surface area contributed by atoms with Crippen molar-refractivity contribution in [1.82, 2.24) is 4.90 Å². The summed E-state index contributed by atoms with van der Waals surface area (Å²) >= 11 is 10.8. The molecule has 90 valence electrons. The van der Waals surface area contributed by atoms with Crippen LogP contribution in [0.2, 0.25) is 5.02 Å². The number of aryl methyl sites for hydroxylation is 1. The predicted octanol–water partition coefficient (Wildman–Crippen LogP) is 3.46. The lowest BCUT2D eigenvalue weighted by Gasteiger charge is -2.24. The van der Waals surface area contributed by atoms with E-state index in [4.69, 9.17) is 16.3 Å². The second kappa shape index (κ2) is 5.30. The Bertz CT molecular complexity index is 393. The third-order valence-electron chi connectivity index (χ3n) is 2.66. The summed E-state index contributed by atoms with van der Waals surface area (Å²) in [4.78, 5) is 2.01. The highest BCUT2D eigenvalue weighted by atomic mass is 35.5. The van der Waals surface area contributed by atoms with Crippen molar-refractivity contribution in [2.75, 3.05) is 21.2 Å². The van der Waals surface area contributed by atoms with Crippen LogP contribution in [-0.2, 0) is 0 Å². The smallest absolute Gasteiger partial charge is 0.125 e. The van der Waals surface area contributed by atoms with E-state index in [0.717, 1.165) is 27.5 Å². The van der Waals surface area contributed by atoms with E-state index in [2.05, 4.69) is 12.6 Å². The Morgan fingerprint density at radius 2 is 1.94 bits per heavy atom. The van der Waals surface area contributed by atoms with E-state index in [-0.39, 0.29) is 5.37 Å². The van der Waals surface area contributed by atoms with E-state index in [9.17, 15) is 0 Å². The first-order valence-corrected chi connectivity index (χ1v) is 5.97. The zero-order chi connectivity index (χ0) is 12.5. The average Bonchev–Trinajstić information content (AvgIpc) is 2.24. The Morgan fingerprint density at radius 3 is 2.38 bits per heavy atom. The third-order valence-corrected chi connectivity index (χ3v) is 3.96. The van der Waals surface area contributed by atoms with Crippen LogP contribution in [-0.4, -0.2) is 26.1 Å². The zero-order valence-corrected chi connectivity index (χ0v) is 12.0. The van der Waals surface area contributed by atoms with Crippen molar-refractivity contribution >= 4 is 24.2 Å². The molecule has 0 spiro atoms. The number of thiol groups is 1. The van der Waals surface area contributed by atoms with Gasteiger partial charge in [0.05, 0.1) is 12.5 Å². The number of ether oxygens (including phenoxy) is 1. The molecular weight excluding hydrogens is 242 g/mol. The molecule has 16 heavy (non-hydrogen) atoms. The lowest BCUT2D eigenvalue weighted by Crippen LogP contribution is -2.17. The Labute approximate surface area is 108 Å². The lowest BCUT2D eigenvalue weighted by atomic mass is 10.0. The van der Waals surface area contributed by atoms with Crippen molar-refractivity contribution in [2.24, 2.45) is 0 Å². The number of rotatable bonds is 3. The van der Waals surface area contributed by atoms with Crippen molar-refractivity contribution in [3.8, 4) is 5.75 Å². The van der Waals surface area contributed by atoms with Gasteiger partial charge in [-0.15, -0.1) is 0 Å². The summed E-state index contributed by atoms with van der Waals surface area (Å²) in [6, 6.07) is 1.96. The number of halogens is 1. The van der Waals surface area contributed by atoms with Gasteiger partial charge >= 0.3 is 0 Å². The van der Waals surface area contributed by atoms with Gasteiger partial charge in [-0.1, -0.05) is 11.6 Å². The summed E-state index contributed by atoms with van der Waals surface area (Å²) in [7, 11) is 5.62. The van der Waals surface area contributed by atoms with Crippen molar-refractivity contribution < 1.29 is 4.74 Å². The van der Waals surface area contributed by atoms with Gasteiger partial charge in [-0.2, -0.15) is 12.6 Å². The predicted molar refractivity (Wildman–Crippen MR) is 72.9 cm³/mol. The molecule has 1 unspecified atom stereocenters. The van der Waals surface area contributed by atoms with Crippen LogP contribution in [0.5, 0.6) is 5.75 Å². The zero-order valence-electron chi connectivity index (χ0n) is 10.3. The molecule has 0 bridgehead atoms. The van der Waals surface area contributed by atoms with Crippen LogP contribution in [0.3, 0.4) is 0 Å². The highest BCUT2D eigenvalue weighted by Crippen LogP contribution is 2.38. The van der Waals surface area contributed by atoms with Crippen LogP contribution in [0.4, 0.5) is 0 Å². The van der Waals surface area contributed by atoms with Crippen molar-refractivity contribution in [3.63, 3.8) is 0 Å². The number of hydrogen-bond donors (Lipinski definition) is 1. The molecule has 0 saturated carbocycles. The maximum atomic E-state index is 6.25. The molecule has 1 rings (SSSR count). The van der Waals surface area contributed by atoms with Gasteiger partial charge in [0.15, 0.2) is 0 Å². The number of methoxy groups -OCH3 is 1. The highest BCUT2D eigenvalue weighted by Gasteiger charge is 2.20. The minimum absolute atomic E-state index is 0.0203. The molecule has 1 aromatic rings. The topological polar surface area (TPSA) is 12.5 Å². The van der Waals surface area contributed by atoms with E-state index >= 15 is 0 Å². The SMILES string of the molecule is COc1cc(C)c(Cl)c(C)c1C(S)N(C)C. The van der Waals surface area contributed by atoms with Crippen molar-refractivity contribution in [3.05, 3.63) is 27.8 Å². The summed E-state index contributed by atoms with van der Waals surface area (Å²) < 4.78 is 5.40. The van der Waals surface area contributed by atoms with E-state index in [1.807, 2.05) is 38.9 Å². The lowest BCUT2D eigenvalue weighted by molar-refractivity contribution is 0.365. The molecule has 4 heteroatoms. The van der Waals surface area contributed by atoms with Gasteiger partial charge < -0.3 is 4.74 Å². The summed E-state index contributed by atoms with van der Waals surface area (Å²) in [5, 5.41) is 0.768. The van der Waals surface area contributed by atoms with Gasteiger partial charge in [-0.3, -0.25) is 4.90 Å². The van der Waals surface area contributed by atoms with Gasteiger partial charge in [0.2, 0.25) is 0 Å². The Balaban J connectivity index is 3.41. The molecule has 0 aromatic heterocycles. The summed E-state index contributed by atoms with van der Waals surface area (Å²) in [5.41, 5.74) is 3.10. The molecule has 1 atom stereocenters. The highest BCUT2D eigenvalue weighted by molar-refractivity contribution is 7.80. The molecule has 2 nitrogen and oxygen atoms in total. The molecule has 0 fully saturated rings. The van der Waals surface area contributed by atoms with Crippen LogP contribution in [0.25, 0.3) is 0 Å². The minimum atomic E-state index is -0.0203. The molecule has 0 aliphatic rings. The van der Waals surface area contributed by atoms with Crippen LogP contribution in [0.15, 0.2) is 6.07 Å². The van der Waals surface area contributed by atoms with Gasteiger partial charge in [0, 0.05) is 10.6 Å². The average molecular weight is 260 g/mol. The number of nitrogens with zero attached hydrogens (tertiary/aromatic N) is 1. The maximum absolute atomic E-state index is 6.25. The number of benzene rings is 1. The van der Waals surface area contributed by atoms with Gasteiger partial charge in [0.1, 0.15) is 5.75 Å². The van der Waals surface area contributed by atoms with Crippen LogP contribution < -0.4 is 4.74 Å². The first-order chi connectivity index (χ1) is 7.40. The quantitative estimate of drug-likeness (QED) is 0.659. The third kappa shape index (κ3) is 2.47. The molecule has 0 N–H and O–H groups in total. The fraction of sp³-hybridized carbons (Fsp3) is 0.500. The molecule has 0 aliphatic heterocycles. The van der Waals surface area contributed by atoms with Crippen LogP contribution in [0.1, 0.15) is 22.1 Å². The molecule has 0 amide bonds. The van der Waals surface area contributed by atoms with E-state index in [0.29, 0.717) is 0 Å². The van der Waals surface area contributed by atoms with Crippen molar-refractivity contribution in [1.29, 1.82) is 0 Å². The summed E-state index contributed by atoms with van der Waals surface area (Å²) in [5.74, 6) is 0.841. The molecular formula is C12H18ClNOS. The maximum Gasteiger partial charge on any atom is 0.125 e. The van der Waals surface area contributed by atoms with Gasteiger partial charge in [-0.25, -0.2) is 0 Å². The second-order valence-corrected chi connectivity index (χ2v) is 4.95. The Kier molecular flexibility index (Phi) is 4.53. The fourth-order valence-corrected chi connectivity index (χ4v) is 2.16. The Hall–Kier alpha value is -0.380. The van der Waals surface area contributed by atoms with Crippen LogP contribution >= 0.6 is 24.2 Å². The molecule has 0 heterocycles. The summed E-state index contributed by atoms with van der Waals surface area (Å²) in [6.07, 6.45) is 0. The van der Waals surface area contributed by atoms with Crippen LogP contribution in [0, 0.1) is 13.8 Å². The van der Waals surface area contributed by atoms with Gasteiger partial charge in [0.25, 0.3) is 0 Å². The van der Waals surface area contributed by atoms with E-state index in [1.165, 1.54) is 0 Å². The molecule has 0 aliphatic carbocycles. The number of hydrogen-bond acceptors (Lipinski definition) is 3. The minimum Gasteiger partial charge on any atom is -0.496 e. The second-order valence-electron chi connectivity index (χ2n) is 4.09. The van der Waals surface area contributed by atoms with E-state index < -0.39 is 0 Å². The van der Waals surface area contributed by atoms with E-state index in [1.54, 1.807) is 7.11 Å². The van der Waals surface area contributed by atoms with Gasteiger partial charge in [-0.05, 0) is 45.1 Å². The first-order valence-electron chi connectivity index (χ1n) is 5.08. The fourth-order valence-electron chi connectivity index (χ4n) is 1.68. The van der Waals surface area contributed by atoms with Crippen molar-refractivity contribution in [2.45, 2.75) is 19.2 Å². The normalized spacial score (nSPS) is 13.0. The molecule has 0 saturated heterocycles. The molecule has 0 radical (unpaired) electrons. The molecule has 1 aromatic carbocycles. The largest absolute Gasteiger partial charge is 0.496 e. The standard InChI is InChI=1S/C12H18ClNOS/c1-7-6-9(15-5)10(8(2)11(7)13)12(16)14(3)4/h6,12,16H,1-5H3. The first kappa shape index (κ1) is 13.7.